The molecule has 1 aromatic carbocycles. The SMILES string of the molecule is CC1CN(C(=O)c2ccc(F)c(S)c2)CC(C)(C)O1. The van der Waals surface area contributed by atoms with Gasteiger partial charge in [-0.15, -0.1) is 12.6 Å². The van der Waals surface area contributed by atoms with E-state index in [-0.39, 0.29) is 22.5 Å². The molecule has 1 aliphatic rings. The van der Waals surface area contributed by atoms with E-state index in [0.29, 0.717) is 18.7 Å². The number of hydrogen-bond acceptors (Lipinski definition) is 3. The Bertz CT molecular complexity index is 504. The number of hydrogen-bond donors (Lipinski definition) is 1. The van der Waals surface area contributed by atoms with Crippen molar-refractivity contribution in [1.29, 1.82) is 0 Å². The van der Waals surface area contributed by atoms with Crippen molar-refractivity contribution in [3.05, 3.63) is 29.6 Å². The third-order valence-electron chi connectivity index (χ3n) is 3.05. The fourth-order valence-electron chi connectivity index (χ4n) is 2.44. The van der Waals surface area contributed by atoms with Crippen LogP contribution in [0.1, 0.15) is 31.1 Å². The van der Waals surface area contributed by atoms with Gasteiger partial charge in [-0.3, -0.25) is 4.79 Å². The molecule has 104 valence electrons. The molecule has 1 saturated heterocycles. The highest BCUT2D eigenvalue weighted by molar-refractivity contribution is 7.80. The average Bonchev–Trinajstić information content (AvgIpc) is 2.29. The maximum absolute atomic E-state index is 13.2. The van der Waals surface area contributed by atoms with Gasteiger partial charge < -0.3 is 9.64 Å². The van der Waals surface area contributed by atoms with E-state index < -0.39 is 5.82 Å². The van der Waals surface area contributed by atoms with Crippen LogP contribution in [0.5, 0.6) is 0 Å². The highest BCUT2D eigenvalue weighted by Crippen LogP contribution is 2.23. The van der Waals surface area contributed by atoms with Gasteiger partial charge in [0.1, 0.15) is 5.82 Å². The van der Waals surface area contributed by atoms with Crippen molar-refractivity contribution < 1.29 is 13.9 Å². The lowest BCUT2D eigenvalue weighted by Crippen LogP contribution is -2.53. The van der Waals surface area contributed by atoms with Gasteiger partial charge in [0.25, 0.3) is 5.91 Å². The number of rotatable bonds is 1. The maximum atomic E-state index is 13.2. The minimum Gasteiger partial charge on any atom is -0.369 e. The molecular formula is C14H18FNO2S. The Morgan fingerprint density at radius 3 is 2.79 bits per heavy atom. The molecule has 1 fully saturated rings. The van der Waals surface area contributed by atoms with E-state index in [9.17, 15) is 9.18 Å². The molecule has 1 aromatic rings. The number of benzene rings is 1. The molecule has 5 heteroatoms. The second-order valence-electron chi connectivity index (χ2n) is 5.54. The minimum atomic E-state index is -0.421. The van der Waals surface area contributed by atoms with Crippen LogP contribution < -0.4 is 0 Å². The lowest BCUT2D eigenvalue weighted by molar-refractivity contribution is -0.118. The van der Waals surface area contributed by atoms with Gasteiger partial charge in [0.05, 0.1) is 11.7 Å². The zero-order valence-electron chi connectivity index (χ0n) is 11.3. The predicted octanol–water partition coefficient (Wildman–Crippen LogP) is 2.75. The summed E-state index contributed by atoms with van der Waals surface area (Å²) in [5.41, 5.74) is 0.0910. The van der Waals surface area contributed by atoms with E-state index in [0.717, 1.165) is 0 Å². The van der Waals surface area contributed by atoms with Gasteiger partial charge in [0.15, 0.2) is 0 Å². The van der Waals surface area contributed by atoms with Gasteiger partial charge in [-0.25, -0.2) is 4.39 Å². The molecule has 1 amide bonds. The monoisotopic (exact) mass is 283 g/mol. The largest absolute Gasteiger partial charge is 0.369 e. The summed E-state index contributed by atoms with van der Waals surface area (Å²) in [5.74, 6) is -0.533. The second-order valence-corrected chi connectivity index (χ2v) is 6.02. The van der Waals surface area contributed by atoms with Crippen LogP contribution >= 0.6 is 12.6 Å². The molecule has 1 unspecified atom stereocenters. The average molecular weight is 283 g/mol. The number of morpholine rings is 1. The number of carbonyl (C=O) groups is 1. The lowest BCUT2D eigenvalue weighted by Gasteiger charge is -2.41. The Morgan fingerprint density at radius 1 is 1.53 bits per heavy atom. The van der Waals surface area contributed by atoms with Crippen molar-refractivity contribution in [1.82, 2.24) is 4.90 Å². The van der Waals surface area contributed by atoms with E-state index >= 15 is 0 Å². The summed E-state index contributed by atoms with van der Waals surface area (Å²) in [5, 5.41) is 0. The first-order valence-electron chi connectivity index (χ1n) is 6.24. The maximum Gasteiger partial charge on any atom is 0.254 e. The molecule has 0 N–H and O–H groups in total. The second kappa shape index (κ2) is 5.13. The number of halogens is 1. The van der Waals surface area contributed by atoms with Crippen molar-refractivity contribution in [2.24, 2.45) is 0 Å². The standard InChI is InChI=1S/C14H18FNO2S/c1-9-7-16(8-14(2,3)18-9)13(17)10-4-5-11(15)12(19)6-10/h4-6,9,19H,7-8H2,1-3H3. The molecule has 2 rings (SSSR count). The summed E-state index contributed by atoms with van der Waals surface area (Å²) < 4.78 is 18.9. The van der Waals surface area contributed by atoms with E-state index in [2.05, 4.69) is 12.6 Å². The van der Waals surface area contributed by atoms with Gasteiger partial charge in [-0.2, -0.15) is 0 Å². The van der Waals surface area contributed by atoms with E-state index in [1.807, 2.05) is 20.8 Å². The Morgan fingerprint density at radius 2 is 2.21 bits per heavy atom. The van der Waals surface area contributed by atoms with E-state index in [1.165, 1.54) is 18.2 Å². The van der Waals surface area contributed by atoms with E-state index in [4.69, 9.17) is 4.74 Å². The summed E-state index contributed by atoms with van der Waals surface area (Å²) in [6.07, 6.45) is -0.0105. The van der Waals surface area contributed by atoms with Crippen LogP contribution in [0.2, 0.25) is 0 Å². The van der Waals surface area contributed by atoms with Gasteiger partial charge in [0.2, 0.25) is 0 Å². The molecular weight excluding hydrogens is 265 g/mol. The zero-order chi connectivity index (χ0) is 14.2. The quantitative estimate of drug-likeness (QED) is 0.803. The Kier molecular flexibility index (Phi) is 3.87. The van der Waals surface area contributed by atoms with Gasteiger partial charge in [-0.1, -0.05) is 0 Å². The van der Waals surface area contributed by atoms with Crippen LogP contribution in [0, 0.1) is 5.82 Å². The highest BCUT2D eigenvalue weighted by atomic mass is 32.1. The van der Waals surface area contributed by atoms with Gasteiger partial charge >= 0.3 is 0 Å². The summed E-state index contributed by atoms with van der Waals surface area (Å²) in [6, 6.07) is 4.23. The molecule has 1 heterocycles. The molecule has 0 aromatic heterocycles. The summed E-state index contributed by atoms with van der Waals surface area (Å²) in [7, 11) is 0. The van der Waals surface area contributed by atoms with Crippen molar-refractivity contribution in [2.45, 2.75) is 37.4 Å². The van der Waals surface area contributed by atoms with Crippen LogP contribution in [-0.4, -0.2) is 35.6 Å². The van der Waals surface area contributed by atoms with Crippen LogP contribution in [-0.2, 0) is 4.74 Å². The molecule has 19 heavy (non-hydrogen) atoms. The van der Waals surface area contributed by atoms with Gasteiger partial charge in [0, 0.05) is 23.5 Å². The number of nitrogens with zero attached hydrogens (tertiary/aromatic N) is 1. The number of ether oxygens (including phenoxy) is 1. The molecule has 1 aliphatic heterocycles. The normalized spacial score (nSPS) is 22.4. The van der Waals surface area contributed by atoms with Crippen LogP contribution in [0.3, 0.4) is 0 Å². The fourth-order valence-corrected chi connectivity index (χ4v) is 2.65. The first kappa shape index (κ1) is 14.3. The molecule has 0 saturated carbocycles. The van der Waals surface area contributed by atoms with Crippen LogP contribution in [0.4, 0.5) is 4.39 Å². The van der Waals surface area contributed by atoms with Crippen molar-refractivity contribution in [3.63, 3.8) is 0 Å². The third-order valence-corrected chi connectivity index (χ3v) is 3.39. The molecule has 0 spiro atoms. The van der Waals surface area contributed by atoms with Crippen LogP contribution in [0.25, 0.3) is 0 Å². The summed E-state index contributed by atoms with van der Waals surface area (Å²) in [4.78, 5) is 14.3. The number of thiol groups is 1. The predicted molar refractivity (Wildman–Crippen MR) is 74.2 cm³/mol. The van der Waals surface area contributed by atoms with Crippen molar-refractivity contribution in [3.8, 4) is 0 Å². The minimum absolute atomic E-state index is 0.0105. The van der Waals surface area contributed by atoms with Gasteiger partial charge in [-0.05, 0) is 39.0 Å². The first-order chi connectivity index (χ1) is 8.78. The smallest absolute Gasteiger partial charge is 0.254 e. The highest BCUT2D eigenvalue weighted by Gasteiger charge is 2.34. The molecule has 1 atom stereocenters. The number of carbonyl (C=O) groups excluding carboxylic acids is 1. The number of amides is 1. The lowest BCUT2D eigenvalue weighted by atomic mass is 10.0. The van der Waals surface area contributed by atoms with Crippen LogP contribution in [0.15, 0.2) is 23.1 Å². The Balaban J connectivity index is 2.21. The molecule has 3 nitrogen and oxygen atoms in total. The molecule has 0 radical (unpaired) electrons. The Hall–Kier alpha value is -1.07. The molecule has 0 aliphatic carbocycles. The first-order valence-corrected chi connectivity index (χ1v) is 6.69. The third kappa shape index (κ3) is 3.28. The Labute approximate surface area is 118 Å². The van der Waals surface area contributed by atoms with E-state index in [1.54, 1.807) is 4.90 Å². The summed E-state index contributed by atoms with van der Waals surface area (Å²) >= 11 is 4.01. The topological polar surface area (TPSA) is 29.5 Å². The zero-order valence-corrected chi connectivity index (χ0v) is 12.2. The summed E-state index contributed by atoms with van der Waals surface area (Å²) in [6.45, 7) is 6.92. The van der Waals surface area contributed by atoms with Crippen molar-refractivity contribution >= 4 is 18.5 Å². The fraction of sp³-hybridized carbons (Fsp3) is 0.500. The molecule has 0 bridgehead atoms. The van der Waals surface area contributed by atoms with Crippen molar-refractivity contribution in [2.75, 3.05) is 13.1 Å².